The van der Waals surface area contributed by atoms with Crippen molar-refractivity contribution in [1.82, 2.24) is 0 Å². The lowest BCUT2D eigenvalue weighted by molar-refractivity contribution is 0.413. The van der Waals surface area contributed by atoms with E-state index in [0.717, 1.165) is 37.1 Å². The van der Waals surface area contributed by atoms with E-state index in [4.69, 9.17) is 16.3 Å². The van der Waals surface area contributed by atoms with Gasteiger partial charge in [0, 0.05) is 5.02 Å². The molecular weight excluding hydrogens is 336 g/mol. The maximum absolute atomic E-state index is 6.03. The van der Waals surface area contributed by atoms with E-state index in [1.807, 2.05) is 30.3 Å². The van der Waals surface area contributed by atoms with Gasteiger partial charge in [-0.05, 0) is 68.2 Å². The number of ether oxygens (including phenoxy) is 1. The first kappa shape index (κ1) is 13.5. The molecule has 0 unspecified atom stereocenters. The SMILES string of the molecule is COc1ccc2cc(-c3[c]ccc(Cl)c3)ccc2c1Br. The Morgan fingerprint density at radius 1 is 1.10 bits per heavy atom. The van der Waals surface area contributed by atoms with E-state index in [2.05, 4.69) is 40.2 Å². The highest BCUT2D eigenvalue weighted by Gasteiger charge is 2.07. The van der Waals surface area contributed by atoms with E-state index in [0.29, 0.717) is 0 Å². The highest BCUT2D eigenvalue weighted by molar-refractivity contribution is 9.10. The van der Waals surface area contributed by atoms with Gasteiger partial charge in [0.25, 0.3) is 0 Å². The van der Waals surface area contributed by atoms with Crippen LogP contribution in [0, 0.1) is 6.07 Å². The first-order valence-electron chi connectivity index (χ1n) is 6.13. The molecular formula is C17H11BrClO. The summed E-state index contributed by atoms with van der Waals surface area (Å²) in [5.74, 6) is 0.833. The van der Waals surface area contributed by atoms with Crippen molar-refractivity contribution in [2.45, 2.75) is 0 Å². The summed E-state index contributed by atoms with van der Waals surface area (Å²) in [6.45, 7) is 0. The second-order valence-electron chi connectivity index (χ2n) is 4.44. The van der Waals surface area contributed by atoms with E-state index >= 15 is 0 Å². The van der Waals surface area contributed by atoms with Crippen molar-refractivity contribution in [3.63, 3.8) is 0 Å². The smallest absolute Gasteiger partial charge is 0.133 e. The van der Waals surface area contributed by atoms with Crippen LogP contribution in [0.1, 0.15) is 0 Å². The van der Waals surface area contributed by atoms with Crippen molar-refractivity contribution in [3.05, 3.63) is 64.1 Å². The first-order chi connectivity index (χ1) is 9.69. The predicted octanol–water partition coefficient (Wildman–Crippen LogP) is 5.73. The van der Waals surface area contributed by atoms with Crippen molar-refractivity contribution >= 4 is 38.3 Å². The van der Waals surface area contributed by atoms with E-state index in [1.54, 1.807) is 7.11 Å². The largest absolute Gasteiger partial charge is 0.496 e. The standard InChI is InChI=1S/C17H11BrClO/c1-20-16-8-6-13-9-12(5-7-15(13)17(16)18)11-3-2-4-14(19)10-11/h2,4-10H,1H3. The molecule has 3 aromatic carbocycles. The molecule has 3 heteroatoms. The second-order valence-corrected chi connectivity index (χ2v) is 5.67. The van der Waals surface area contributed by atoms with E-state index in [1.165, 1.54) is 0 Å². The summed E-state index contributed by atoms with van der Waals surface area (Å²) in [6.07, 6.45) is 0. The van der Waals surface area contributed by atoms with Gasteiger partial charge in [-0.3, -0.25) is 0 Å². The highest BCUT2D eigenvalue weighted by Crippen LogP contribution is 2.35. The van der Waals surface area contributed by atoms with Crippen LogP contribution in [0.2, 0.25) is 5.02 Å². The molecule has 1 nitrogen and oxygen atoms in total. The number of methoxy groups -OCH3 is 1. The van der Waals surface area contributed by atoms with Crippen LogP contribution in [0.25, 0.3) is 21.9 Å². The van der Waals surface area contributed by atoms with Gasteiger partial charge in [-0.2, -0.15) is 0 Å². The molecule has 1 radical (unpaired) electrons. The third-order valence-corrected chi connectivity index (χ3v) is 4.27. The molecule has 0 saturated carbocycles. The van der Waals surface area contributed by atoms with Crippen LogP contribution >= 0.6 is 27.5 Å². The third-order valence-electron chi connectivity index (χ3n) is 3.21. The number of benzene rings is 3. The zero-order valence-corrected chi connectivity index (χ0v) is 13.1. The van der Waals surface area contributed by atoms with Crippen LogP contribution in [0.3, 0.4) is 0 Å². The van der Waals surface area contributed by atoms with Crippen LogP contribution in [-0.2, 0) is 0 Å². The Bertz CT molecular complexity index is 783. The van der Waals surface area contributed by atoms with Gasteiger partial charge in [0.1, 0.15) is 5.75 Å². The van der Waals surface area contributed by atoms with Crippen molar-refractivity contribution in [2.24, 2.45) is 0 Å². The molecule has 0 amide bonds. The molecule has 0 saturated heterocycles. The summed E-state index contributed by atoms with van der Waals surface area (Å²) in [7, 11) is 1.67. The van der Waals surface area contributed by atoms with Gasteiger partial charge in [0.2, 0.25) is 0 Å². The summed E-state index contributed by atoms with van der Waals surface area (Å²) in [4.78, 5) is 0. The average Bonchev–Trinajstić information content (AvgIpc) is 2.47. The zero-order valence-electron chi connectivity index (χ0n) is 10.8. The molecule has 0 aromatic heterocycles. The van der Waals surface area contributed by atoms with Gasteiger partial charge >= 0.3 is 0 Å². The monoisotopic (exact) mass is 345 g/mol. The van der Waals surface area contributed by atoms with Crippen LogP contribution < -0.4 is 4.74 Å². The van der Waals surface area contributed by atoms with Crippen molar-refractivity contribution in [3.8, 4) is 16.9 Å². The van der Waals surface area contributed by atoms with Crippen LogP contribution in [0.4, 0.5) is 0 Å². The number of hydrogen-bond acceptors (Lipinski definition) is 1. The Morgan fingerprint density at radius 2 is 1.95 bits per heavy atom. The summed E-state index contributed by atoms with van der Waals surface area (Å²) in [6, 6.07) is 19.1. The minimum atomic E-state index is 0.717. The van der Waals surface area contributed by atoms with Crippen molar-refractivity contribution in [1.29, 1.82) is 0 Å². The Labute approximate surface area is 131 Å². The number of hydrogen-bond donors (Lipinski definition) is 0. The Morgan fingerprint density at radius 3 is 2.70 bits per heavy atom. The summed E-state index contributed by atoms with van der Waals surface area (Å²) in [5, 5.41) is 2.98. The normalized spacial score (nSPS) is 10.8. The fourth-order valence-corrected chi connectivity index (χ4v) is 3.03. The molecule has 0 aliphatic carbocycles. The minimum Gasteiger partial charge on any atom is -0.496 e. The van der Waals surface area contributed by atoms with Crippen molar-refractivity contribution < 1.29 is 4.74 Å². The Balaban J connectivity index is 2.17. The second kappa shape index (κ2) is 5.47. The van der Waals surface area contributed by atoms with Crippen molar-refractivity contribution in [2.75, 3.05) is 7.11 Å². The first-order valence-corrected chi connectivity index (χ1v) is 7.30. The fraction of sp³-hybridized carbons (Fsp3) is 0.0588. The lowest BCUT2D eigenvalue weighted by atomic mass is 10.0. The highest BCUT2D eigenvalue weighted by atomic mass is 79.9. The Kier molecular flexibility index (Phi) is 3.68. The number of fused-ring (bicyclic) bond motifs is 1. The molecule has 0 bridgehead atoms. The minimum absolute atomic E-state index is 0.717. The van der Waals surface area contributed by atoms with Crippen LogP contribution in [0.5, 0.6) is 5.75 Å². The van der Waals surface area contributed by atoms with Gasteiger partial charge in [-0.15, -0.1) is 0 Å². The average molecular weight is 347 g/mol. The van der Waals surface area contributed by atoms with Crippen LogP contribution in [-0.4, -0.2) is 7.11 Å². The van der Waals surface area contributed by atoms with Gasteiger partial charge in [-0.1, -0.05) is 35.9 Å². The van der Waals surface area contributed by atoms with Gasteiger partial charge in [-0.25, -0.2) is 0 Å². The molecule has 0 atom stereocenters. The van der Waals surface area contributed by atoms with E-state index in [9.17, 15) is 0 Å². The summed E-state index contributed by atoms with van der Waals surface area (Å²) >= 11 is 9.61. The summed E-state index contributed by atoms with van der Waals surface area (Å²) < 4.78 is 6.28. The third kappa shape index (κ3) is 2.41. The number of rotatable bonds is 2. The number of halogens is 2. The quantitative estimate of drug-likeness (QED) is 0.575. The lowest BCUT2D eigenvalue weighted by Gasteiger charge is -2.09. The zero-order chi connectivity index (χ0) is 14.1. The lowest BCUT2D eigenvalue weighted by Crippen LogP contribution is -1.86. The predicted molar refractivity (Wildman–Crippen MR) is 87.5 cm³/mol. The molecule has 0 spiro atoms. The maximum Gasteiger partial charge on any atom is 0.133 e. The Hall–Kier alpha value is -1.51. The molecule has 0 aliphatic rings. The molecule has 20 heavy (non-hydrogen) atoms. The summed E-state index contributed by atoms with van der Waals surface area (Å²) in [5.41, 5.74) is 2.09. The molecule has 3 rings (SSSR count). The van der Waals surface area contributed by atoms with Crippen LogP contribution in [0.15, 0.2) is 53.0 Å². The van der Waals surface area contributed by atoms with Gasteiger partial charge in [0.05, 0.1) is 11.6 Å². The molecule has 0 heterocycles. The van der Waals surface area contributed by atoms with E-state index < -0.39 is 0 Å². The van der Waals surface area contributed by atoms with Gasteiger partial charge < -0.3 is 4.74 Å². The topological polar surface area (TPSA) is 9.23 Å². The molecule has 99 valence electrons. The molecule has 0 N–H and O–H groups in total. The van der Waals surface area contributed by atoms with Gasteiger partial charge in [0.15, 0.2) is 0 Å². The maximum atomic E-state index is 6.03. The molecule has 3 aromatic rings. The fourth-order valence-electron chi connectivity index (χ4n) is 2.20. The van der Waals surface area contributed by atoms with E-state index in [-0.39, 0.29) is 0 Å². The molecule has 0 fully saturated rings. The molecule has 0 aliphatic heterocycles.